The fourth-order valence-corrected chi connectivity index (χ4v) is 5.15. The Balaban J connectivity index is 1.21. The number of ether oxygens (including phenoxy) is 1. The molecule has 1 fully saturated rings. The van der Waals surface area contributed by atoms with E-state index in [0.29, 0.717) is 17.1 Å². The molecule has 0 saturated carbocycles. The molecule has 1 atom stereocenters. The largest absolute Gasteiger partial charge is 0.467 e. The molecule has 8 nitrogen and oxygen atoms in total. The Bertz CT molecular complexity index is 1150. The number of pyridine rings is 1. The third-order valence-corrected chi connectivity index (χ3v) is 7.08. The quantitative estimate of drug-likeness (QED) is 0.400. The molecule has 5 heterocycles. The van der Waals surface area contributed by atoms with Gasteiger partial charge in [0, 0.05) is 24.4 Å². The minimum Gasteiger partial charge on any atom is -0.467 e. The van der Waals surface area contributed by atoms with E-state index in [9.17, 15) is 0 Å². The van der Waals surface area contributed by atoms with Crippen molar-refractivity contribution in [2.45, 2.75) is 45.6 Å². The highest BCUT2D eigenvalue weighted by Gasteiger charge is 2.28. The van der Waals surface area contributed by atoms with Gasteiger partial charge in [-0.1, -0.05) is 30.3 Å². The summed E-state index contributed by atoms with van der Waals surface area (Å²) < 4.78 is 11.7. The summed E-state index contributed by atoms with van der Waals surface area (Å²) in [7, 11) is 0. The summed E-state index contributed by atoms with van der Waals surface area (Å²) in [5, 5.41) is 6.75. The molecule has 0 N–H and O–H groups in total. The molecule has 10 heteroatoms. The highest BCUT2D eigenvalue weighted by Crippen LogP contribution is 2.32. The van der Waals surface area contributed by atoms with Crippen LogP contribution < -0.4 is 9.64 Å². The molecule has 1 aliphatic heterocycles. The number of anilines is 1. The van der Waals surface area contributed by atoms with Crippen LogP contribution in [-0.4, -0.2) is 44.3 Å². The zero-order chi connectivity index (χ0) is 21.4. The molecule has 0 amide bonds. The van der Waals surface area contributed by atoms with Crippen LogP contribution in [0, 0.1) is 5.92 Å². The third-order valence-electron chi connectivity index (χ3n) is 5.64. The Morgan fingerprint density at radius 3 is 2.65 bits per heavy atom. The van der Waals surface area contributed by atoms with Crippen LogP contribution in [0.15, 0.2) is 27.5 Å². The van der Waals surface area contributed by atoms with Crippen LogP contribution in [0.3, 0.4) is 0 Å². The van der Waals surface area contributed by atoms with E-state index in [1.807, 2.05) is 23.0 Å². The maximum Gasteiger partial charge on any atom is 0.324 e. The lowest BCUT2D eigenvalue weighted by Gasteiger charge is -2.33. The lowest BCUT2D eigenvalue weighted by Crippen LogP contribution is -2.38. The molecule has 0 aliphatic carbocycles. The molecule has 0 radical (unpaired) electrons. The number of aromatic nitrogens is 5. The number of thiazole rings is 2. The molecule has 4 aromatic heterocycles. The second kappa shape index (κ2) is 8.51. The van der Waals surface area contributed by atoms with Gasteiger partial charge in [0.1, 0.15) is 16.5 Å². The topological polar surface area (TPSA) is 90.1 Å². The first-order valence-electron chi connectivity index (χ1n) is 10.5. The van der Waals surface area contributed by atoms with Crippen molar-refractivity contribution in [2.75, 3.05) is 18.0 Å². The van der Waals surface area contributed by atoms with Gasteiger partial charge in [0.15, 0.2) is 5.82 Å². The number of hydrogen-bond acceptors (Lipinski definition) is 10. The van der Waals surface area contributed by atoms with Crippen molar-refractivity contribution in [3.8, 4) is 16.6 Å². The molecule has 1 saturated heterocycles. The highest BCUT2D eigenvalue weighted by atomic mass is 32.1. The van der Waals surface area contributed by atoms with Gasteiger partial charge in [0.2, 0.25) is 0 Å². The molecule has 0 aromatic carbocycles. The molecular formula is C21H24N6O2S2. The van der Waals surface area contributed by atoms with Crippen molar-refractivity contribution in [3.05, 3.63) is 28.8 Å². The molecule has 31 heavy (non-hydrogen) atoms. The second-order valence-corrected chi connectivity index (χ2v) is 9.77. The predicted molar refractivity (Wildman–Crippen MR) is 122 cm³/mol. The molecule has 1 unspecified atom stereocenters. The first-order chi connectivity index (χ1) is 15.1. The van der Waals surface area contributed by atoms with Crippen molar-refractivity contribution in [1.82, 2.24) is 25.1 Å². The average Bonchev–Trinajstić information content (AvgIpc) is 3.53. The number of rotatable bonds is 6. The summed E-state index contributed by atoms with van der Waals surface area (Å²) in [4.78, 5) is 21.2. The van der Waals surface area contributed by atoms with E-state index in [1.54, 1.807) is 11.3 Å². The second-order valence-electron chi connectivity index (χ2n) is 8.11. The van der Waals surface area contributed by atoms with Gasteiger partial charge in [-0.05, 0) is 37.8 Å². The van der Waals surface area contributed by atoms with Crippen LogP contribution in [-0.2, 0) is 0 Å². The average molecular weight is 457 g/mol. The Labute approximate surface area is 188 Å². The summed E-state index contributed by atoms with van der Waals surface area (Å²) >= 11 is 3.06. The first-order valence-corrected chi connectivity index (χ1v) is 12.2. The molecule has 162 valence electrons. The SMILES string of the molecule is CC(C)c1noc(N2CCC(C(C)Oc3nc4ccc(-c5cscn5)nc4s3)CC2)n1. The molecule has 0 bridgehead atoms. The Hall–Kier alpha value is -2.59. The van der Waals surface area contributed by atoms with Crippen molar-refractivity contribution >= 4 is 39.0 Å². The summed E-state index contributed by atoms with van der Waals surface area (Å²) in [6.45, 7) is 8.03. The van der Waals surface area contributed by atoms with Crippen LogP contribution >= 0.6 is 22.7 Å². The fraction of sp³-hybridized carbons (Fsp3) is 0.476. The van der Waals surface area contributed by atoms with Crippen LogP contribution in [0.25, 0.3) is 21.7 Å². The van der Waals surface area contributed by atoms with Gasteiger partial charge in [0.25, 0.3) is 5.19 Å². The molecule has 4 aromatic rings. The normalized spacial score (nSPS) is 16.3. The van der Waals surface area contributed by atoms with E-state index in [1.165, 1.54) is 11.3 Å². The van der Waals surface area contributed by atoms with Crippen molar-refractivity contribution < 1.29 is 9.26 Å². The molecular weight excluding hydrogens is 432 g/mol. The third kappa shape index (κ3) is 4.27. The number of nitrogens with zero attached hydrogens (tertiary/aromatic N) is 6. The van der Waals surface area contributed by atoms with Gasteiger partial charge in [-0.2, -0.15) is 4.98 Å². The Kier molecular flexibility index (Phi) is 5.58. The van der Waals surface area contributed by atoms with Crippen LogP contribution in [0.1, 0.15) is 45.4 Å². The van der Waals surface area contributed by atoms with Crippen molar-refractivity contribution in [3.63, 3.8) is 0 Å². The number of piperidine rings is 1. The zero-order valence-electron chi connectivity index (χ0n) is 17.7. The van der Waals surface area contributed by atoms with E-state index < -0.39 is 0 Å². The summed E-state index contributed by atoms with van der Waals surface area (Å²) in [6, 6.07) is 4.57. The summed E-state index contributed by atoms with van der Waals surface area (Å²) in [5.74, 6) is 1.48. The van der Waals surface area contributed by atoms with Crippen LogP contribution in [0.4, 0.5) is 6.01 Å². The maximum absolute atomic E-state index is 6.23. The number of hydrogen-bond donors (Lipinski definition) is 0. The van der Waals surface area contributed by atoms with Gasteiger partial charge in [0.05, 0.1) is 16.9 Å². The van der Waals surface area contributed by atoms with E-state index in [0.717, 1.165) is 53.5 Å². The van der Waals surface area contributed by atoms with E-state index in [4.69, 9.17) is 14.2 Å². The lowest BCUT2D eigenvalue weighted by atomic mass is 9.92. The van der Waals surface area contributed by atoms with Crippen molar-refractivity contribution in [1.29, 1.82) is 0 Å². The maximum atomic E-state index is 6.23. The Morgan fingerprint density at radius 1 is 1.10 bits per heavy atom. The fourth-order valence-electron chi connectivity index (χ4n) is 3.73. The predicted octanol–water partition coefficient (Wildman–Crippen LogP) is 5.01. The minimum atomic E-state index is 0.0784. The van der Waals surface area contributed by atoms with Crippen LogP contribution in [0.5, 0.6) is 5.19 Å². The zero-order valence-corrected chi connectivity index (χ0v) is 19.3. The summed E-state index contributed by atoms with van der Waals surface area (Å²) in [5.41, 5.74) is 4.44. The van der Waals surface area contributed by atoms with Crippen molar-refractivity contribution in [2.24, 2.45) is 5.92 Å². The van der Waals surface area contributed by atoms with Crippen LogP contribution in [0.2, 0.25) is 0 Å². The van der Waals surface area contributed by atoms with Gasteiger partial charge in [-0.3, -0.25) is 0 Å². The lowest BCUT2D eigenvalue weighted by molar-refractivity contribution is 0.131. The summed E-state index contributed by atoms with van der Waals surface area (Å²) in [6.07, 6.45) is 2.10. The first kappa shape index (κ1) is 20.3. The standard InChI is InChI=1S/C21H24N6O2S2/c1-12(2)18-25-20(29-26-18)27-8-6-14(7-9-27)13(3)28-21-24-16-5-4-15(23-19(16)31-21)17-10-30-11-22-17/h4-5,10-14H,6-9H2,1-3H3. The molecule has 5 rings (SSSR count). The highest BCUT2D eigenvalue weighted by molar-refractivity contribution is 7.19. The van der Waals surface area contributed by atoms with E-state index in [2.05, 4.69) is 45.8 Å². The molecule has 0 spiro atoms. The smallest absolute Gasteiger partial charge is 0.324 e. The van der Waals surface area contributed by atoms with Gasteiger partial charge in [-0.15, -0.1) is 11.3 Å². The van der Waals surface area contributed by atoms with Gasteiger partial charge < -0.3 is 14.2 Å². The van der Waals surface area contributed by atoms with E-state index >= 15 is 0 Å². The number of fused-ring (bicyclic) bond motifs is 1. The minimum absolute atomic E-state index is 0.0784. The van der Waals surface area contributed by atoms with Gasteiger partial charge in [-0.25, -0.2) is 15.0 Å². The molecule has 1 aliphatic rings. The monoisotopic (exact) mass is 456 g/mol. The van der Waals surface area contributed by atoms with Gasteiger partial charge >= 0.3 is 6.01 Å². The van der Waals surface area contributed by atoms with E-state index in [-0.39, 0.29) is 12.0 Å². The Morgan fingerprint density at radius 2 is 1.94 bits per heavy atom.